The summed E-state index contributed by atoms with van der Waals surface area (Å²) < 4.78 is 0. The summed E-state index contributed by atoms with van der Waals surface area (Å²) >= 11 is 0. The number of likely N-dealkylation sites (N-methyl/N-ethyl adjacent to an activating group) is 1. The largest absolute Gasteiger partial charge is 0.480 e. The molecule has 0 aliphatic heterocycles. The quantitative estimate of drug-likeness (QED) is 0.653. The summed E-state index contributed by atoms with van der Waals surface area (Å²) in [6.45, 7) is 5.85. The third-order valence-electron chi connectivity index (χ3n) is 1.90. The first-order valence-corrected chi connectivity index (χ1v) is 4.54. The van der Waals surface area contributed by atoms with Crippen molar-refractivity contribution in [3.63, 3.8) is 0 Å². The van der Waals surface area contributed by atoms with Crippen molar-refractivity contribution in [2.24, 2.45) is 0 Å². The molecule has 0 spiro atoms. The van der Waals surface area contributed by atoms with Gasteiger partial charge in [-0.05, 0) is 27.9 Å². The number of hydrogen-bond acceptors (Lipinski definition) is 3. The second-order valence-electron chi connectivity index (χ2n) is 3.76. The summed E-state index contributed by atoms with van der Waals surface area (Å²) in [6.07, 6.45) is 0. The Bertz CT molecular complexity index is 158. The molecule has 0 saturated carbocycles. The molecule has 0 aliphatic carbocycles. The van der Waals surface area contributed by atoms with E-state index in [0.29, 0.717) is 0 Å². The van der Waals surface area contributed by atoms with Crippen molar-refractivity contribution >= 4 is 5.97 Å². The summed E-state index contributed by atoms with van der Waals surface area (Å²) in [5.41, 5.74) is 0. The van der Waals surface area contributed by atoms with Crippen LogP contribution in [0.4, 0.5) is 0 Å². The fourth-order valence-corrected chi connectivity index (χ4v) is 1.02. The average molecular weight is 188 g/mol. The van der Waals surface area contributed by atoms with Crippen LogP contribution in [-0.4, -0.2) is 60.6 Å². The standard InChI is InChI=1S/C9H20N2O2/c1-8(2)11(7-9(12)13)6-5-10(3)4/h8H,5-7H2,1-4H3,(H,12,13). The number of rotatable bonds is 6. The molecule has 0 fully saturated rings. The number of hydrogen-bond donors (Lipinski definition) is 1. The Kier molecular flexibility index (Phi) is 5.66. The number of aliphatic carboxylic acids is 1. The minimum atomic E-state index is -0.757. The second kappa shape index (κ2) is 5.94. The predicted octanol–water partition coefficient (Wildman–Crippen LogP) is 0.343. The molecule has 0 aromatic carbocycles. The molecule has 0 unspecified atom stereocenters. The minimum Gasteiger partial charge on any atom is -0.480 e. The molecule has 0 rings (SSSR count). The smallest absolute Gasteiger partial charge is 0.317 e. The van der Waals surface area contributed by atoms with Gasteiger partial charge in [0.25, 0.3) is 0 Å². The highest BCUT2D eigenvalue weighted by atomic mass is 16.4. The van der Waals surface area contributed by atoms with Crippen molar-refractivity contribution in [3.05, 3.63) is 0 Å². The van der Waals surface area contributed by atoms with Crippen molar-refractivity contribution in [1.29, 1.82) is 0 Å². The third kappa shape index (κ3) is 6.54. The van der Waals surface area contributed by atoms with E-state index >= 15 is 0 Å². The highest BCUT2D eigenvalue weighted by Gasteiger charge is 2.12. The first-order valence-electron chi connectivity index (χ1n) is 4.54. The van der Waals surface area contributed by atoms with Crippen LogP contribution in [0, 0.1) is 0 Å². The van der Waals surface area contributed by atoms with E-state index in [2.05, 4.69) is 4.90 Å². The van der Waals surface area contributed by atoms with Gasteiger partial charge in [-0.1, -0.05) is 0 Å². The van der Waals surface area contributed by atoms with Gasteiger partial charge in [0, 0.05) is 19.1 Å². The van der Waals surface area contributed by atoms with Gasteiger partial charge in [-0.25, -0.2) is 0 Å². The van der Waals surface area contributed by atoms with Crippen LogP contribution in [0.5, 0.6) is 0 Å². The minimum absolute atomic E-state index is 0.130. The lowest BCUT2D eigenvalue weighted by atomic mass is 10.3. The molecule has 4 nitrogen and oxygen atoms in total. The molecule has 0 atom stereocenters. The van der Waals surface area contributed by atoms with Crippen LogP contribution in [0.3, 0.4) is 0 Å². The fourth-order valence-electron chi connectivity index (χ4n) is 1.02. The third-order valence-corrected chi connectivity index (χ3v) is 1.90. The van der Waals surface area contributed by atoms with E-state index in [0.717, 1.165) is 13.1 Å². The van der Waals surface area contributed by atoms with Gasteiger partial charge in [0.15, 0.2) is 0 Å². The maximum Gasteiger partial charge on any atom is 0.317 e. The molecule has 0 bridgehead atoms. The molecule has 0 aliphatic rings. The SMILES string of the molecule is CC(C)N(CCN(C)C)CC(=O)O. The molecule has 13 heavy (non-hydrogen) atoms. The van der Waals surface area contributed by atoms with E-state index in [1.165, 1.54) is 0 Å². The summed E-state index contributed by atoms with van der Waals surface area (Å²) in [5.74, 6) is -0.757. The fraction of sp³-hybridized carbons (Fsp3) is 0.889. The Morgan fingerprint density at radius 2 is 1.85 bits per heavy atom. The monoisotopic (exact) mass is 188 g/mol. The molecule has 78 valence electrons. The zero-order valence-electron chi connectivity index (χ0n) is 8.95. The van der Waals surface area contributed by atoms with Gasteiger partial charge >= 0.3 is 5.97 Å². The van der Waals surface area contributed by atoms with Crippen molar-refractivity contribution < 1.29 is 9.90 Å². The van der Waals surface area contributed by atoms with E-state index in [1.807, 2.05) is 32.8 Å². The van der Waals surface area contributed by atoms with E-state index < -0.39 is 5.97 Å². The molecule has 4 heteroatoms. The van der Waals surface area contributed by atoms with Gasteiger partial charge in [0.05, 0.1) is 6.54 Å². The molecular formula is C9H20N2O2. The van der Waals surface area contributed by atoms with Gasteiger partial charge < -0.3 is 10.0 Å². The van der Waals surface area contributed by atoms with Crippen molar-refractivity contribution in [2.75, 3.05) is 33.7 Å². The van der Waals surface area contributed by atoms with E-state index in [1.54, 1.807) is 0 Å². The van der Waals surface area contributed by atoms with Gasteiger partial charge in [0.1, 0.15) is 0 Å². The topological polar surface area (TPSA) is 43.8 Å². The van der Waals surface area contributed by atoms with Crippen LogP contribution in [0.15, 0.2) is 0 Å². The Morgan fingerprint density at radius 3 is 2.15 bits per heavy atom. The van der Waals surface area contributed by atoms with Crippen LogP contribution < -0.4 is 0 Å². The first-order chi connectivity index (χ1) is 5.93. The van der Waals surface area contributed by atoms with Crippen molar-refractivity contribution in [2.45, 2.75) is 19.9 Å². The maximum absolute atomic E-state index is 10.5. The van der Waals surface area contributed by atoms with Gasteiger partial charge in [-0.15, -0.1) is 0 Å². The summed E-state index contributed by atoms with van der Waals surface area (Å²) in [6, 6.07) is 0.288. The number of carboxylic acid groups (broad SMARTS) is 1. The Labute approximate surface area is 80.1 Å². The van der Waals surface area contributed by atoms with Gasteiger partial charge in [-0.3, -0.25) is 9.69 Å². The lowest BCUT2D eigenvalue weighted by molar-refractivity contribution is -0.138. The molecular weight excluding hydrogens is 168 g/mol. The summed E-state index contributed by atoms with van der Waals surface area (Å²) in [5, 5.41) is 8.64. The Hall–Kier alpha value is -0.610. The Morgan fingerprint density at radius 1 is 1.31 bits per heavy atom. The van der Waals surface area contributed by atoms with Crippen LogP contribution in [0.2, 0.25) is 0 Å². The number of carbonyl (C=O) groups is 1. The van der Waals surface area contributed by atoms with Crippen LogP contribution in [0.1, 0.15) is 13.8 Å². The first kappa shape index (κ1) is 12.4. The summed E-state index contributed by atoms with van der Waals surface area (Å²) in [7, 11) is 3.97. The van der Waals surface area contributed by atoms with E-state index in [-0.39, 0.29) is 12.6 Å². The zero-order valence-corrected chi connectivity index (χ0v) is 8.95. The predicted molar refractivity (Wildman–Crippen MR) is 52.9 cm³/mol. The maximum atomic E-state index is 10.5. The summed E-state index contributed by atoms with van der Waals surface area (Å²) in [4.78, 5) is 14.5. The van der Waals surface area contributed by atoms with Gasteiger partial charge in [0.2, 0.25) is 0 Å². The molecule has 0 heterocycles. The van der Waals surface area contributed by atoms with Crippen molar-refractivity contribution in [1.82, 2.24) is 9.80 Å². The lowest BCUT2D eigenvalue weighted by Crippen LogP contribution is -2.39. The molecule has 0 saturated heterocycles. The highest BCUT2D eigenvalue weighted by Crippen LogP contribution is 1.97. The molecule has 0 aromatic heterocycles. The molecule has 0 radical (unpaired) electrons. The zero-order chi connectivity index (χ0) is 10.4. The average Bonchev–Trinajstić information content (AvgIpc) is 1.96. The lowest BCUT2D eigenvalue weighted by Gasteiger charge is -2.25. The van der Waals surface area contributed by atoms with Crippen LogP contribution in [-0.2, 0) is 4.79 Å². The van der Waals surface area contributed by atoms with Crippen LogP contribution in [0.25, 0.3) is 0 Å². The molecule has 1 N–H and O–H groups in total. The van der Waals surface area contributed by atoms with E-state index in [4.69, 9.17) is 5.11 Å². The Balaban J connectivity index is 3.88. The molecule has 0 amide bonds. The number of nitrogens with zero attached hydrogens (tertiary/aromatic N) is 2. The number of carboxylic acids is 1. The van der Waals surface area contributed by atoms with Gasteiger partial charge in [-0.2, -0.15) is 0 Å². The normalized spacial score (nSPS) is 11.6. The van der Waals surface area contributed by atoms with Crippen molar-refractivity contribution in [3.8, 4) is 0 Å². The van der Waals surface area contributed by atoms with E-state index in [9.17, 15) is 4.79 Å². The second-order valence-corrected chi connectivity index (χ2v) is 3.76. The van der Waals surface area contributed by atoms with Crippen LogP contribution >= 0.6 is 0 Å². The highest BCUT2D eigenvalue weighted by molar-refractivity contribution is 5.69. The molecule has 0 aromatic rings.